The van der Waals surface area contributed by atoms with E-state index < -0.39 is 11.9 Å². The van der Waals surface area contributed by atoms with Gasteiger partial charge in [0.2, 0.25) is 0 Å². The second-order valence-corrected chi connectivity index (χ2v) is 4.28. The highest BCUT2D eigenvalue weighted by molar-refractivity contribution is 6.30. The highest BCUT2D eigenvalue weighted by Gasteiger charge is 2.15. The number of carbonyl (C=O) groups excluding carboxylic acids is 1. The first kappa shape index (κ1) is 13.9. The molecule has 0 aliphatic carbocycles. The fourth-order valence-electron chi connectivity index (χ4n) is 1.47. The molecular formula is C14H10ClNO4. The number of furan rings is 1. The first-order valence-electron chi connectivity index (χ1n) is 5.61. The zero-order valence-corrected chi connectivity index (χ0v) is 10.9. The maximum absolute atomic E-state index is 11.7. The smallest absolute Gasteiger partial charge is 0.352 e. The molecule has 0 saturated heterocycles. The van der Waals surface area contributed by atoms with Crippen LogP contribution in [0.3, 0.4) is 0 Å². The fourth-order valence-corrected chi connectivity index (χ4v) is 1.59. The molecule has 0 aliphatic rings. The van der Waals surface area contributed by atoms with Gasteiger partial charge in [-0.2, -0.15) is 0 Å². The Morgan fingerprint density at radius 3 is 2.45 bits per heavy atom. The Balaban J connectivity index is 2.21. The summed E-state index contributed by atoms with van der Waals surface area (Å²) in [6.07, 6.45) is 2.66. The third-order valence-corrected chi connectivity index (χ3v) is 2.66. The molecule has 2 rings (SSSR count). The molecule has 0 radical (unpaired) electrons. The molecule has 6 heteroatoms. The molecule has 1 aromatic carbocycles. The zero-order chi connectivity index (χ0) is 14.5. The summed E-state index contributed by atoms with van der Waals surface area (Å²) in [7, 11) is 0. The predicted octanol–water partition coefficient (Wildman–Crippen LogP) is 2.79. The van der Waals surface area contributed by atoms with Crippen molar-refractivity contribution in [3.05, 3.63) is 64.7 Å². The maximum atomic E-state index is 11.7. The maximum Gasteiger partial charge on any atom is 0.352 e. The van der Waals surface area contributed by atoms with Gasteiger partial charge < -0.3 is 14.8 Å². The van der Waals surface area contributed by atoms with Crippen LogP contribution >= 0.6 is 11.6 Å². The largest absolute Gasteiger partial charge is 0.477 e. The van der Waals surface area contributed by atoms with E-state index in [-0.39, 0.29) is 11.5 Å². The highest BCUT2D eigenvalue weighted by atomic mass is 35.5. The number of benzene rings is 1. The van der Waals surface area contributed by atoms with Crippen molar-refractivity contribution in [3.63, 3.8) is 0 Å². The Kier molecular flexibility index (Phi) is 4.22. The van der Waals surface area contributed by atoms with Crippen LogP contribution in [0.2, 0.25) is 5.02 Å². The molecule has 2 N–H and O–H groups in total. The lowest BCUT2D eigenvalue weighted by atomic mass is 10.2. The highest BCUT2D eigenvalue weighted by Crippen LogP contribution is 2.12. The average Bonchev–Trinajstić information content (AvgIpc) is 2.94. The van der Waals surface area contributed by atoms with Crippen LogP contribution in [-0.4, -0.2) is 17.0 Å². The van der Waals surface area contributed by atoms with E-state index in [0.717, 1.165) is 0 Å². The molecule has 5 nitrogen and oxygen atoms in total. The number of hydrogen-bond donors (Lipinski definition) is 2. The van der Waals surface area contributed by atoms with Crippen molar-refractivity contribution in [2.75, 3.05) is 0 Å². The predicted molar refractivity (Wildman–Crippen MR) is 73.2 cm³/mol. The number of nitrogens with one attached hydrogen (secondary N) is 1. The van der Waals surface area contributed by atoms with E-state index in [4.69, 9.17) is 21.1 Å². The number of carboxylic acids is 1. The molecular weight excluding hydrogens is 282 g/mol. The van der Waals surface area contributed by atoms with Gasteiger partial charge >= 0.3 is 5.97 Å². The van der Waals surface area contributed by atoms with Gasteiger partial charge in [-0.05, 0) is 35.9 Å². The molecule has 1 heterocycles. The fraction of sp³-hybridized carbons (Fsp3) is 0. The Morgan fingerprint density at radius 1 is 1.20 bits per heavy atom. The van der Waals surface area contributed by atoms with Crippen LogP contribution in [0.25, 0.3) is 6.08 Å². The minimum atomic E-state index is -1.25. The van der Waals surface area contributed by atoms with Crippen molar-refractivity contribution in [1.29, 1.82) is 0 Å². The first-order valence-corrected chi connectivity index (χ1v) is 5.99. The van der Waals surface area contributed by atoms with Crippen LogP contribution in [0.5, 0.6) is 0 Å². The summed E-state index contributed by atoms with van der Waals surface area (Å²) in [5, 5.41) is 11.9. The molecule has 0 spiro atoms. The molecule has 2 aromatic rings. The molecule has 0 saturated carbocycles. The summed E-state index contributed by atoms with van der Waals surface area (Å²) < 4.78 is 4.89. The van der Waals surface area contributed by atoms with Crippen LogP contribution in [0.4, 0.5) is 0 Å². The summed E-state index contributed by atoms with van der Waals surface area (Å²) in [5.41, 5.74) is 0.347. The van der Waals surface area contributed by atoms with Gasteiger partial charge in [-0.3, -0.25) is 4.79 Å². The van der Waals surface area contributed by atoms with E-state index in [0.29, 0.717) is 10.6 Å². The van der Waals surface area contributed by atoms with Crippen molar-refractivity contribution < 1.29 is 19.1 Å². The Labute approximate surface area is 119 Å². The van der Waals surface area contributed by atoms with Crippen molar-refractivity contribution in [2.45, 2.75) is 0 Å². The van der Waals surface area contributed by atoms with Gasteiger partial charge in [0, 0.05) is 5.02 Å². The molecule has 20 heavy (non-hydrogen) atoms. The van der Waals surface area contributed by atoms with Gasteiger partial charge in [-0.25, -0.2) is 4.79 Å². The standard InChI is InChI=1S/C14H10ClNO4/c15-10-5-3-9(4-6-10)8-11(14(18)19)16-13(17)12-2-1-7-20-12/h1-8H,(H,16,17)(H,18,19)/b11-8-. The summed E-state index contributed by atoms with van der Waals surface area (Å²) in [6.45, 7) is 0. The molecule has 1 amide bonds. The van der Waals surface area contributed by atoms with Gasteiger partial charge in [0.15, 0.2) is 5.76 Å². The van der Waals surface area contributed by atoms with E-state index >= 15 is 0 Å². The number of carbonyl (C=O) groups is 2. The normalized spacial score (nSPS) is 11.2. The topological polar surface area (TPSA) is 79.5 Å². The van der Waals surface area contributed by atoms with Crippen LogP contribution in [0.15, 0.2) is 52.8 Å². The molecule has 0 bridgehead atoms. The summed E-state index contributed by atoms with van der Waals surface area (Å²) in [4.78, 5) is 22.9. The van der Waals surface area contributed by atoms with Crippen molar-refractivity contribution >= 4 is 29.6 Å². The quantitative estimate of drug-likeness (QED) is 0.849. The average molecular weight is 292 g/mol. The van der Waals surface area contributed by atoms with E-state index in [1.54, 1.807) is 24.3 Å². The number of halogens is 1. The molecule has 0 unspecified atom stereocenters. The van der Waals surface area contributed by atoms with Crippen LogP contribution in [-0.2, 0) is 4.79 Å². The molecule has 0 aliphatic heterocycles. The third kappa shape index (κ3) is 3.49. The van der Waals surface area contributed by atoms with Crippen molar-refractivity contribution in [2.24, 2.45) is 0 Å². The van der Waals surface area contributed by atoms with E-state index in [2.05, 4.69) is 5.32 Å². The molecule has 102 valence electrons. The van der Waals surface area contributed by atoms with Crippen LogP contribution < -0.4 is 5.32 Å². The van der Waals surface area contributed by atoms with Gasteiger partial charge in [0.1, 0.15) is 5.70 Å². The van der Waals surface area contributed by atoms with Crippen LogP contribution in [0, 0.1) is 0 Å². The lowest BCUT2D eigenvalue weighted by molar-refractivity contribution is -0.132. The Bertz CT molecular complexity index is 644. The van der Waals surface area contributed by atoms with Crippen molar-refractivity contribution in [1.82, 2.24) is 5.32 Å². The second kappa shape index (κ2) is 6.08. The number of hydrogen-bond acceptors (Lipinski definition) is 3. The summed E-state index contributed by atoms with van der Waals surface area (Å²) >= 11 is 5.74. The lowest BCUT2D eigenvalue weighted by Crippen LogP contribution is -2.26. The monoisotopic (exact) mass is 291 g/mol. The van der Waals surface area contributed by atoms with Gasteiger partial charge in [-0.15, -0.1) is 0 Å². The van der Waals surface area contributed by atoms with E-state index in [1.165, 1.54) is 24.5 Å². The number of rotatable bonds is 4. The summed E-state index contributed by atoms with van der Waals surface area (Å²) in [5.74, 6) is -1.84. The van der Waals surface area contributed by atoms with Gasteiger partial charge in [0.25, 0.3) is 5.91 Å². The van der Waals surface area contributed by atoms with Crippen molar-refractivity contribution in [3.8, 4) is 0 Å². The van der Waals surface area contributed by atoms with Crippen LogP contribution in [0.1, 0.15) is 16.1 Å². The minimum absolute atomic E-state index is 0.0354. The number of amides is 1. The Hall–Kier alpha value is -2.53. The zero-order valence-electron chi connectivity index (χ0n) is 10.2. The van der Waals surface area contributed by atoms with Gasteiger partial charge in [-0.1, -0.05) is 23.7 Å². The van der Waals surface area contributed by atoms with E-state index in [9.17, 15) is 9.59 Å². The minimum Gasteiger partial charge on any atom is -0.477 e. The SMILES string of the molecule is O=C(O)/C(=C/c1ccc(Cl)cc1)NC(=O)c1ccco1. The molecule has 1 aromatic heterocycles. The van der Waals surface area contributed by atoms with E-state index in [1.807, 2.05) is 0 Å². The molecule has 0 atom stereocenters. The molecule has 0 fully saturated rings. The number of carboxylic acid groups (broad SMARTS) is 1. The Morgan fingerprint density at radius 2 is 1.90 bits per heavy atom. The summed E-state index contributed by atoms with van der Waals surface area (Å²) in [6, 6.07) is 9.52. The first-order chi connectivity index (χ1) is 9.56. The number of aliphatic carboxylic acids is 1. The third-order valence-electron chi connectivity index (χ3n) is 2.40. The lowest BCUT2D eigenvalue weighted by Gasteiger charge is -2.04. The second-order valence-electron chi connectivity index (χ2n) is 3.85. The van der Waals surface area contributed by atoms with Gasteiger partial charge in [0.05, 0.1) is 6.26 Å².